The van der Waals surface area contributed by atoms with Gasteiger partial charge in [0.1, 0.15) is 9.39 Å². The Kier molecular flexibility index (Phi) is 4.24. The van der Waals surface area contributed by atoms with E-state index < -0.39 is 35.8 Å². The number of hydrogen-bond donors (Lipinski definition) is 0. The van der Waals surface area contributed by atoms with Gasteiger partial charge in [0.15, 0.2) is 0 Å². The lowest BCUT2D eigenvalue weighted by Crippen LogP contribution is -2.15. The first-order valence-corrected chi connectivity index (χ1v) is 5.27. The van der Waals surface area contributed by atoms with Gasteiger partial charge in [-0.1, -0.05) is 0 Å². The molecular weight excluding hydrogens is 358 g/mol. The summed E-state index contributed by atoms with van der Waals surface area (Å²) in [4.78, 5) is 3.18. The van der Waals surface area contributed by atoms with Gasteiger partial charge in [-0.15, -0.1) is 0 Å². The summed E-state index contributed by atoms with van der Waals surface area (Å²) in [5.74, 6) is 0. The maximum absolute atomic E-state index is 12.6. The van der Waals surface area contributed by atoms with Crippen LogP contribution in [-0.2, 0) is 12.6 Å². The molecule has 0 atom stereocenters. The molecule has 0 fully saturated rings. The van der Waals surface area contributed by atoms with Gasteiger partial charge in [-0.25, -0.2) is 13.8 Å². The fourth-order valence-corrected chi connectivity index (χ4v) is 1.83. The van der Waals surface area contributed by atoms with Crippen LogP contribution in [0.5, 0.6) is 0 Å². The quantitative estimate of drug-likeness (QED) is 0.457. The maximum atomic E-state index is 12.6. The second-order valence-electron chi connectivity index (χ2n) is 2.99. The molecule has 0 saturated carbocycles. The number of rotatable bonds is 2. The summed E-state index contributed by atoms with van der Waals surface area (Å²) in [6, 6.07) is 2.29. The highest BCUT2D eigenvalue weighted by Crippen LogP contribution is 2.35. The lowest BCUT2D eigenvalue weighted by Gasteiger charge is -2.14. The highest BCUT2D eigenvalue weighted by Gasteiger charge is 2.37. The van der Waals surface area contributed by atoms with Crippen molar-refractivity contribution in [1.82, 2.24) is 4.98 Å². The molecule has 0 aliphatic carbocycles. The second kappa shape index (κ2) is 5.12. The maximum Gasteiger partial charge on any atom is 0.433 e. The number of nitrogens with zero attached hydrogens (tertiary/aromatic N) is 2. The zero-order valence-electron chi connectivity index (χ0n) is 8.02. The minimum absolute atomic E-state index is 0.188. The Balaban J connectivity index is 3.53. The van der Waals surface area contributed by atoms with Crippen molar-refractivity contribution in [3.63, 3.8) is 0 Å². The van der Waals surface area contributed by atoms with Gasteiger partial charge in [0.25, 0.3) is 6.43 Å². The van der Waals surface area contributed by atoms with Crippen LogP contribution in [-0.4, -0.2) is 4.98 Å². The van der Waals surface area contributed by atoms with Crippen molar-refractivity contribution >= 4 is 22.6 Å². The van der Waals surface area contributed by atoms with Gasteiger partial charge >= 0.3 is 6.18 Å². The van der Waals surface area contributed by atoms with E-state index in [0.29, 0.717) is 0 Å². The van der Waals surface area contributed by atoms with Crippen LogP contribution in [0, 0.1) is 15.0 Å². The van der Waals surface area contributed by atoms with Gasteiger partial charge < -0.3 is 0 Å². The van der Waals surface area contributed by atoms with Gasteiger partial charge in [0.2, 0.25) is 0 Å². The number of nitriles is 1. The minimum Gasteiger partial charge on any atom is -0.237 e. The number of halogens is 6. The molecule has 92 valence electrons. The zero-order valence-corrected chi connectivity index (χ0v) is 10.2. The lowest BCUT2D eigenvalue weighted by atomic mass is 10.0. The van der Waals surface area contributed by atoms with E-state index in [9.17, 15) is 22.0 Å². The molecule has 0 aromatic carbocycles. The van der Waals surface area contributed by atoms with E-state index in [0.717, 1.165) is 6.07 Å². The van der Waals surface area contributed by atoms with Gasteiger partial charge in [0.05, 0.1) is 12.5 Å². The number of hydrogen-bond acceptors (Lipinski definition) is 2. The smallest absolute Gasteiger partial charge is 0.237 e. The van der Waals surface area contributed by atoms with Gasteiger partial charge in [-0.05, 0) is 28.7 Å². The summed E-state index contributed by atoms with van der Waals surface area (Å²) in [5.41, 5.74) is -2.96. The Bertz CT molecular complexity index is 464. The van der Waals surface area contributed by atoms with Crippen molar-refractivity contribution in [3.05, 3.63) is 26.6 Å². The first kappa shape index (κ1) is 14.1. The molecule has 2 nitrogen and oxygen atoms in total. The molecular formula is C9H4F5IN2. The highest BCUT2D eigenvalue weighted by atomic mass is 127. The first-order valence-electron chi connectivity index (χ1n) is 4.19. The van der Waals surface area contributed by atoms with E-state index in [1.165, 1.54) is 28.7 Å². The van der Waals surface area contributed by atoms with Crippen LogP contribution >= 0.6 is 22.6 Å². The van der Waals surface area contributed by atoms with E-state index in [1.807, 2.05) is 0 Å². The van der Waals surface area contributed by atoms with E-state index in [2.05, 4.69) is 4.98 Å². The van der Waals surface area contributed by atoms with Crippen LogP contribution < -0.4 is 0 Å². The third kappa shape index (κ3) is 3.24. The van der Waals surface area contributed by atoms with Crippen LogP contribution in [0.4, 0.5) is 22.0 Å². The van der Waals surface area contributed by atoms with Crippen molar-refractivity contribution < 1.29 is 22.0 Å². The molecule has 0 aliphatic heterocycles. The van der Waals surface area contributed by atoms with Crippen molar-refractivity contribution in [2.24, 2.45) is 0 Å². The van der Waals surface area contributed by atoms with Crippen LogP contribution in [0.1, 0.15) is 23.2 Å². The largest absolute Gasteiger partial charge is 0.433 e. The molecule has 0 saturated heterocycles. The average molecular weight is 362 g/mol. The molecule has 0 radical (unpaired) electrons. The fraction of sp³-hybridized carbons (Fsp3) is 0.333. The SMILES string of the molecule is N#CCc1c(C(F)F)cc(I)nc1C(F)(F)F. The Morgan fingerprint density at radius 1 is 1.41 bits per heavy atom. The monoisotopic (exact) mass is 362 g/mol. The molecule has 8 heteroatoms. The molecule has 17 heavy (non-hydrogen) atoms. The first-order chi connectivity index (χ1) is 7.77. The van der Waals surface area contributed by atoms with Crippen molar-refractivity contribution in [1.29, 1.82) is 5.26 Å². The topological polar surface area (TPSA) is 36.7 Å². The standard InChI is InChI=1S/C9H4F5IN2/c10-8(11)5-3-6(15)17-7(9(12,13)14)4(5)1-2-16/h3,8H,1H2. The Hall–Kier alpha value is -0.980. The molecule has 0 unspecified atom stereocenters. The molecule has 1 aromatic rings. The van der Waals surface area contributed by atoms with Crippen molar-refractivity contribution in [2.45, 2.75) is 19.0 Å². The van der Waals surface area contributed by atoms with Crippen LogP contribution in [0.15, 0.2) is 6.07 Å². The van der Waals surface area contributed by atoms with Crippen molar-refractivity contribution in [2.75, 3.05) is 0 Å². The molecule has 0 aliphatic rings. The summed E-state index contributed by atoms with van der Waals surface area (Å²) in [7, 11) is 0. The Morgan fingerprint density at radius 2 is 2.00 bits per heavy atom. The molecule has 1 aromatic heterocycles. The summed E-state index contributed by atoms with van der Waals surface area (Å²) in [6.07, 6.45) is -8.67. The summed E-state index contributed by atoms with van der Waals surface area (Å²) in [6.45, 7) is 0. The zero-order chi connectivity index (χ0) is 13.2. The third-order valence-electron chi connectivity index (χ3n) is 1.89. The molecule has 1 rings (SSSR count). The molecule has 0 amide bonds. The predicted octanol–water partition coefficient (Wildman–Crippen LogP) is 3.71. The summed E-state index contributed by atoms with van der Waals surface area (Å²) >= 11 is 1.42. The van der Waals surface area contributed by atoms with Gasteiger partial charge in [-0.2, -0.15) is 18.4 Å². The van der Waals surface area contributed by atoms with Crippen LogP contribution in [0.25, 0.3) is 0 Å². The molecule has 0 bridgehead atoms. The number of aromatic nitrogens is 1. The van der Waals surface area contributed by atoms with Crippen LogP contribution in [0.3, 0.4) is 0 Å². The normalized spacial score (nSPS) is 11.6. The summed E-state index contributed by atoms with van der Waals surface area (Å²) in [5, 5.41) is 8.39. The highest BCUT2D eigenvalue weighted by molar-refractivity contribution is 14.1. The minimum atomic E-state index is -4.85. The second-order valence-corrected chi connectivity index (χ2v) is 4.10. The third-order valence-corrected chi connectivity index (χ3v) is 2.44. The van der Waals surface area contributed by atoms with Gasteiger partial charge in [0, 0.05) is 11.1 Å². The Labute approximate surface area is 107 Å². The lowest BCUT2D eigenvalue weighted by molar-refractivity contribution is -0.142. The number of pyridine rings is 1. The summed E-state index contributed by atoms with van der Waals surface area (Å²) < 4.78 is 62.7. The molecule has 1 heterocycles. The number of alkyl halides is 5. The molecule has 0 N–H and O–H groups in total. The Morgan fingerprint density at radius 3 is 2.41 bits per heavy atom. The van der Waals surface area contributed by atoms with E-state index in [-0.39, 0.29) is 3.70 Å². The predicted molar refractivity (Wildman–Crippen MR) is 56.2 cm³/mol. The van der Waals surface area contributed by atoms with E-state index in [1.54, 1.807) is 0 Å². The fourth-order valence-electron chi connectivity index (χ4n) is 1.25. The van der Waals surface area contributed by atoms with E-state index in [4.69, 9.17) is 5.26 Å². The van der Waals surface area contributed by atoms with Gasteiger partial charge in [-0.3, -0.25) is 0 Å². The molecule has 0 spiro atoms. The van der Waals surface area contributed by atoms with E-state index >= 15 is 0 Å². The average Bonchev–Trinajstić information content (AvgIpc) is 2.18. The van der Waals surface area contributed by atoms with Crippen LogP contribution in [0.2, 0.25) is 0 Å². The van der Waals surface area contributed by atoms with Crippen molar-refractivity contribution in [3.8, 4) is 6.07 Å².